The predicted molar refractivity (Wildman–Crippen MR) is 106 cm³/mol. The molecule has 7 heteroatoms. The van der Waals surface area contributed by atoms with Gasteiger partial charge in [-0.1, -0.05) is 30.8 Å². The molecule has 0 aliphatic rings. The number of hydrogen-bond donors (Lipinski definition) is 0. The Kier molecular flexibility index (Phi) is 6.11. The highest BCUT2D eigenvalue weighted by atomic mass is 32.2. The molecule has 0 spiro atoms. The van der Waals surface area contributed by atoms with E-state index in [-0.39, 0.29) is 17.8 Å². The van der Waals surface area contributed by atoms with Crippen molar-refractivity contribution in [1.29, 1.82) is 0 Å². The molecule has 0 amide bonds. The van der Waals surface area contributed by atoms with Crippen LogP contribution in [0.5, 0.6) is 5.75 Å². The molecule has 26 heavy (non-hydrogen) atoms. The molecule has 0 saturated carbocycles. The van der Waals surface area contributed by atoms with Gasteiger partial charge in [0.25, 0.3) is 0 Å². The standard InChI is InChI=1S/C19H20N2O3S2/c1-4-12(2)24-16(22)10-26-19-17-15(9-25-18(17)20-11-21-19)13-5-7-14(23-3)8-6-13/h5-9,11-12H,4,10H2,1-3H3/t12-/m0/s1. The minimum atomic E-state index is -0.225. The van der Waals surface area contributed by atoms with Crippen LogP contribution in [0.4, 0.5) is 0 Å². The van der Waals surface area contributed by atoms with Gasteiger partial charge < -0.3 is 9.47 Å². The molecule has 2 heterocycles. The lowest BCUT2D eigenvalue weighted by atomic mass is 10.1. The molecule has 0 N–H and O–H groups in total. The highest BCUT2D eigenvalue weighted by molar-refractivity contribution is 8.00. The Morgan fingerprint density at radius 2 is 2.04 bits per heavy atom. The van der Waals surface area contributed by atoms with Gasteiger partial charge in [0.05, 0.1) is 24.4 Å². The summed E-state index contributed by atoms with van der Waals surface area (Å²) in [6.45, 7) is 3.89. The van der Waals surface area contributed by atoms with Gasteiger partial charge in [-0.25, -0.2) is 9.97 Å². The van der Waals surface area contributed by atoms with Gasteiger partial charge in [-0.3, -0.25) is 4.79 Å². The summed E-state index contributed by atoms with van der Waals surface area (Å²) in [5.74, 6) is 0.818. The molecule has 3 rings (SSSR count). The zero-order valence-corrected chi connectivity index (χ0v) is 16.5. The molecule has 0 unspecified atom stereocenters. The summed E-state index contributed by atoms with van der Waals surface area (Å²) in [6, 6.07) is 7.88. The Bertz CT molecular complexity index is 893. The van der Waals surface area contributed by atoms with Crippen LogP contribution in [0.1, 0.15) is 20.3 Å². The predicted octanol–water partition coefficient (Wildman–Crippen LogP) is 4.80. The van der Waals surface area contributed by atoms with Gasteiger partial charge in [-0.05, 0) is 31.0 Å². The topological polar surface area (TPSA) is 61.3 Å². The zero-order chi connectivity index (χ0) is 18.5. The lowest BCUT2D eigenvalue weighted by Gasteiger charge is -2.10. The van der Waals surface area contributed by atoms with Gasteiger partial charge in [0.2, 0.25) is 0 Å². The van der Waals surface area contributed by atoms with Crippen LogP contribution in [-0.4, -0.2) is 34.9 Å². The van der Waals surface area contributed by atoms with E-state index in [2.05, 4.69) is 15.3 Å². The number of carbonyl (C=O) groups is 1. The van der Waals surface area contributed by atoms with E-state index in [1.807, 2.05) is 38.1 Å². The molecule has 3 aromatic rings. The number of carbonyl (C=O) groups excluding carboxylic acids is 1. The van der Waals surface area contributed by atoms with E-state index in [4.69, 9.17) is 9.47 Å². The summed E-state index contributed by atoms with van der Waals surface area (Å²) in [7, 11) is 1.65. The van der Waals surface area contributed by atoms with Crippen LogP contribution < -0.4 is 4.74 Å². The summed E-state index contributed by atoms with van der Waals surface area (Å²) in [4.78, 5) is 21.7. The number of esters is 1. The molecule has 1 atom stereocenters. The van der Waals surface area contributed by atoms with Crippen LogP contribution in [0.15, 0.2) is 41.0 Å². The average Bonchev–Trinajstić information content (AvgIpc) is 3.11. The second-order valence-corrected chi connectivity index (χ2v) is 7.56. The number of ether oxygens (including phenoxy) is 2. The number of fused-ring (bicyclic) bond motifs is 1. The Balaban J connectivity index is 1.86. The number of rotatable bonds is 7. The maximum absolute atomic E-state index is 12.0. The lowest BCUT2D eigenvalue weighted by molar-refractivity contribution is -0.144. The first-order valence-corrected chi connectivity index (χ1v) is 10.2. The van der Waals surface area contributed by atoms with E-state index in [0.29, 0.717) is 0 Å². The minimum Gasteiger partial charge on any atom is -0.497 e. The van der Waals surface area contributed by atoms with Crippen molar-refractivity contribution >= 4 is 39.3 Å². The highest BCUT2D eigenvalue weighted by Crippen LogP contribution is 2.38. The molecule has 1 aromatic carbocycles. The van der Waals surface area contributed by atoms with Gasteiger partial charge in [0.15, 0.2) is 0 Å². The third kappa shape index (κ3) is 4.16. The van der Waals surface area contributed by atoms with Crippen LogP contribution in [0.25, 0.3) is 21.3 Å². The molecule has 0 fully saturated rings. The van der Waals surface area contributed by atoms with Crippen molar-refractivity contribution in [3.8, 4) is 16.9 Å². The van der Waals surface area contributed by atoms with E-state index >= 15 is 0 Å². The number of methoxy groups -OCH3 is 1. The van der Waals surface area contributed by atoms with Gasteiger partial charge in [0.1, 0.15) is 21.9 Å². The van der Waals surface area contributed by atoms with Crippen molar-refractivity contribution in [2.75, 3.05) is 12.9 Å². The summed E-state index contributed by atoms with van der Waals surface area (Å²) < 4.78 is 10.6. The number of nitrogens with zero attached hydrogens (tertiary/aromatic N) is 2. The quantitative estimate of drug-likeness (QED) is 0.329. The molecule has 0 radical (unpaired) electrons. The van der Waals surface area contributed by atoms with Crippen molar-refractivity contribution in [3.63, 3.8) is 0 Å². The monoisotopic (exact) mass is 388 g/mol. The van der Waals surface area contributed by atoms with Crippen molar-refractivity contribution in [2.24, 2.45) is 0 Å². The SMILES string of the molecule is CC[C@H](C)OC(=O)CSc1ncnc2scc(-c3ccc(OC)cc3)c12. The molecule has 136 valence electrons. The Labute approximate surface area is 160 Å². The first-order valence-electron chi connectivity index (χ1n) is 8.31. The Hall–Kier alpha value is -2.12. The normalized spacial score (nSPS) is 12.1. The van der Waals surface area contributed by atoms with Gasteiger partial charge in [-0.2, -0.15) is 0 Å². The summed E-state index contributed by atoms with van der Waals surface area (Å²) in [5.41, 5.74) is 2.13. The van der Waals surface area contributed by atoms with Crippen molar-refractivity contribution in [3.05, 3.63) is 36.0 Å². The van der Waals surface area contributed by atoms with Crippen molar-refractivity contribution in [1.82, 2.24) is 9.97 Å². The molecule has 0 bridgehead atoms. The molecule has 0 aliphatic carbocycles. The average molecular weight is 389 g/mol. The lowest BCUT2D eigenvalue weighted by Crippen LogP contribution is -2.15. The van der Waals surface area contributed by atoms with Crippen molar-refractivity contribution in [2.45, 2.75) is 31.4 Å². The first-order chi connectivity index (χ1) is 12.6. The smallest absolute Gasteiger partial charge is 0.316 e. The Morgan fingerprint density at radius 1 is 1.27 bits per heavy atom. The number of thiophene rings is 1. The van der Waals surface area contributed by atoms with Crippen LogP contribution in [0.2, 0.25) is 0 Å². The fourth-order valence-electron chi connectivity index (χ4n) is 2.41. The summed E-state index contributed by atoms with van der Waals surface area (Å²) in [6.07, 6.45) is 2.28. The number of hydrogen-bond acceptors (Lipinski definition) is 7. The Morgan fingerprint density at radius 3 is 2.73 bits per heavy atom. The van der Waals surface area contributed by atoms with E-state index in [1.54, 1.807) is 24.8 Å². The molecule has 0 aliphatic heterocycles. The summed E-state index contributed by atoms with van der Waals surface area (Å²) in [5, 5.41) is 3.84. The largest absolute Gasteiger partial charge is 0.497 e. The molecular formula is C19H20N2O3S2. The van der Waals surface area contributed by atoms with Gasteiger partial charge in [-0.15, -0.1) is 11.3 Å². The first kappa shape index (κ1) is 18.7. The second kappa shape index (κ2) is 8.51. The van der Waals surface area contributed by atoms with E-state index < -0.39 is 0 Å². The third-order valence-electron chi connectivity index (χ3n) is 3.97. The molecule has 0 saturated heterocycles. The zero-order valence-electron chi connectivity index (χ0n) is 14.9. The molecular weight excluding hydrogens is 368 g/mol. The van der Waals surface area contributed by atoms with Crippen molar-refractivity contribution < 1.29 is 14.3 Å². The van der Waals surface area contributed by atoms with Gasteiger partial charge in [0, 0.05) is 10.9 Å². The fraction of sp³-hybridized carbons (Fsp3) is 0.316. The summed E-state index contributed by atoms with van der Waals surface area (Å²) >= 11 is 2.96. The fourth-order valence-corrected chi connectivity index (χ4v) is 4.18. The van der Waals surface area contributed by atoms with Crippen LogP contribution in [0.3, 0.4) is 0 Å². The van der Waals surface area contributed by atoms with Crippen LogP contribution in [0, 0.1) is 0 Å². The van der Waals surface area contributed by atoms with Gasteiger partial charge >= 0.3 is 5.97 Å². The maximum Gasteiger partial charge on any atom is 0.316 e. The number of aromatic nitrogens is 2. The third-order valence-corrected chi connectivity index (χ3v) is 5.82. The number of benzene rings is 1. The number of thioether (sulfide) groups is 1. The van der Waals surface area contributed by atoms with E-state index in [0.717, 1.165) is 38.5 Å². The van der Waals surface area contributed by atoms with Crippen LogP contribution >= 0.6 is 23.1 Å². The van der Waals surface area contributed by atoms with E-state index in [1.165, 1.54) is 11.8 Å². The maximum atomic E-state index is 12.0. The minimum absolute atomic E-state index is 0.0653. The highest BCUT2D eigenvalue weighted by Gasteiger charge is 2.16. The van der Waals surface area contributed by atoms with E-state index in [9.17, 15) is 4.79 Å². The molecule has 2 aromatic heterocycles. The molecule has 5 nitrogen and oxygen atoms in total. The van der Waals surface area contributed by atoms with Crippen LogP contribution in [-0.2, 0) is 9.53 Å². The second-order valence-electron chi connectivity index (χ2n) is 5.73.